The maximum absolute atomic E-state index is 12.4. The van der Waals surface area contributed by atoms with Gasteiger partial charge in [-0.3, -0.25) is 9.59 Å². The molecule has 0 saturated carbocycles. The van der Waals surface area contributed by atoms with Crippen molar-refractivity contribution in [1.29, 1.82) is 0 Å². The Morgan fingerprint density at radius 3 is 2.57 bits per heavy atom. The van der Waals surface area contributed by atoms with Crippen LogP contribution in [-0.4, -0.2) is 17.9 Å². The van der Waals surface area contributed by atoms with Crippen molar-refractivity contribution in [2.24, 2.45) is 17.4 Å². The smallest absolute Gasteiger partial charge is 0.237 e. The second-order valence-corrected chi connectivity index (χ2v) is 5.72. The molecule has 122 valence electrons. The zero-order valence-electron chi connectivity index (χ0n) is 13.0. The van der Waals surface area contributed by atoms with E-state index in [0.29, 0.717) is 0 Å². The number of benzene rings is 1. The molecule has 5 nitrogen and oxygen atoms in total. The van der Waals surface area contributed by atoms with Gasteiger partial charge in [0.1, 0.15) is 0 Å². The van der Waals surface area contributed by atoms with Gasteiger partial charge < -0.3 is 16.8 Å². The maximum atomic E-state index is 12.4. The number of carbonyl (C=O) groups excluding carboxylic acids is 2. The van der Waals surface area contributed by atoms with Gasteiger partial charge in [0.2, 0.25) is 11.8 Å². The van der Waals surface area contributed by atoms with Crippen LogP contribution in [0.3, 0.4) is 0 Å². The van der Waals surface area contributed by atoms with Gasteiger partial charge in [0.15, 0.2) is 0 Å². The average Bonchev–Trinajstić information content (AvgIpc) is 2.58. The van der Waals surface area contributed by atoms with E-state index in [1.54, 1.807) is 0 Å². The lowest BCUT2D eigenvalue weighted by Gasteiger charge is -2.28. The van der Waals surface area contributed by atoms with E-state index in [2.05, 4.69) is 17.5 Å². The van der Waals surface area contributed by atoms with Crippen molar-refractivity contribution < 1.29 is 9.59 Å². The van der Waals surface area contributed by atoms with Crippen LogP contribution in [0.15, 0.2) is 54.6 Å². The molecule has 1 aromatic rings. The summed E-state index contributed by atoms with van der Waals surface area (Å²) >= 11 is 0. The maximum Gasteiger partial charge on any atom is 0.237 e. The summed E-state index contributed by atoms with van der Waals surface area (Å²) in [5.74, 6) is -0.536. The van der Waals surface area contributed by atoms with E-state index in [0.717, 1.165) is 12.0 Å². The van der Waals surface area contributed by atoms with Crippen LogP contribution in [-0.2, 0) is 9.59 Å². The first-order valence-electron chi connectivity index (χ1n) is 7.80. The van der Waals surface area contributed by atoms with Crippen LogP contribution in [0.5, 0.6) is 0 Å². The highest BCUT2D eigenvalue weighted by Crippen LogP contribution is 2.28. The monoisotopic (exact) mass is 313 g/mol. The molecule has 2 amide bonds. The second-order valence-electron chi connectivity index (χ2n) is 5.72. The molecule has 0 fully saturated rings. The minimum Gasteiger partial charge on any atom is -0.370 e. The topological polar surface area (TPSA) is 98.2 Å². The van der Waals surface area contributed by atoms with Crippen LogP contribution in [0.2, 0.25) is 0 Å². The summed E-state index contributed by atoms with van der Waals surface area (Å²) in [4.78, 5) is 23.2. The van der Waals surface area contributed by atoms with Crippen molar-refractivity contribution in [3.63, 3.8) is 0 Å². The summed E-state index contributed by atoms with van der Waals surface area (Å²) in [7, 11) is 0. The molecule has 23 heavy (non-hydrogen) atoms. The molecule has 0 aromatic heterocycles. The Hall–Kier alpha value is -2.40. The van der Waals surface area contributed by atoms with Gasteiger partial charge in [-0.15, -0.1) is 0 Å². The lowest BCUT2D eigenvalue weighted by Crippen LogP contribution is -2.44. The molecule has 1 aliphatic rings. The molecule has 3 atom stereocenters. The largest absolute Gasteiger partial charge is 0.370 e. The van der Waals surface area contributed by atoms with Gasteiger partial charge in [0.05, 0.1) is 12.1 Å². The average molecular weight is 313 g/mol. The molecule has 2 rings (SSSR count). The molecule has 0 bridgehead atoms. The van der Waals surface area contributed by atoms with Gasteiger partial charge in [-0.2, -0.15) is 0 Å². The normalized spacial score (nSPS) is 19.1. The first-order chi connectivity index (χ1) is 11.1. The summed E-state index contributed by atoms with van der Waals surface area (Å²) in [6, 6.07) is 8.94. The number of hydrogen-bond acceptors (Lipinski definition) is 3. The lowest BCUT2D eigenvalue weighted by atomic mass is 9.87. The van der Waals surface area contributed by atoms with Gasteiger partial charge in [0, 0.05) is 12.3 Å². The number of rotatable bonds is 7. The van der Waals surface area contributed by atoms with Gasteiger partial charge in [-0.05, 0) is 18.4 Å². The molecule has 5 heteroatoms. The summed E-state index contributed by atoms with van der Waals surface area (Å²) < 4.78 is 0. The van der Waals surface area contributed by atoms with Crippen LogP contribution >= 0.6 is 0 Å². The fourth-order valence-electron chi connectivity index (χ4n) is 2.63. The third-order valence-corrected chi connectivity index (χ3v) is 3.94. The van der Waals surface area contributed by atoms with Crippen LogP contribution < -0.4 is 16.8 Å². The molecule has 0 saturated heterocycles. The fourth-order valence-corrected chi connectivity index (χ4v) is 2.63. The Labute approximate surface area is 136 Å². The molecule has 0 radical (unpaired) electrons. The highest BCUT2D eigenvalue weighted by molar-refractivity contribution is 5.83. The molecule has 2 unspecified atom stereocenters. The van der Waals surface area contributed by atoms with Crippen LogP contribution in [0.1, 0.15) is 30.9 Å². The Morgan fingerprint density at radius 2 is 1.96 bits per heavy atom. The molecular formula is C18H23N3O2. The summed E-state index contributed by atoms with van der Waals surface area (Å²) in [5.41, 5.74) is 12.0. The first-order valence-corrected chi connectivity index (χ1v) is 7.80. The molecule has 0 spiro atoms. The Balaban J connectivity index is 2.08. The molecular weight excluding hydrogens is 290 g/mol. The number of carbonyl (C=O) groups is 2. The van der Waals surface area contributed by atoms with E-state index in [1.807, 2.05) is 42.5 Å². The third kappa shape index (κ3) is 5.07. The van der Waals surface area contributed by atoms with Gasteiger partial charge in [-0.25, -0.2) is 0 Å². The molecule has 1 aromatic carbocycles. The number of amides is 2. The minimum atomic E-state index is -0.739. The van der Waals surface area contributed by atoms with Gasteiger partial charge in [-0.1, -0.05) is 54.6 Å². The fraction of sp³-hybridized carbons (Fsp3) is 0.333. The predicted molar refractivity (Wildman–Crippen MR) is 90.1 cm³/mol. The Kier molecular flexibility index (Phi) is 6.11. The van der Waals surface area contributed by atoms with Crippen molar-refractivity contribution in [3.05, 3.63) is 60.2 Å². The van der Waals surface area contributed by atoms with E-state index in [1.165, 1.54) is 0 Å². The van der Waals surface area contributed by atoms with Crippen LogP contribution in [0.4, 0.5) is 0 Å². The lowest BCUT2D eigenvalue weighted by molar-refractivity contribution is -0.123. The van der Waals surface area contributed by atoms with Crippen LogP contribution in [0.25, 0.3) is 0 Å². The Morgan fingerprint density at radius 1 is 1.22 bits per heavy atom. The summed E-state index contributed by atoms with van der Waals surface area (Å²) in [6.07, 6.45) is 9.38. The molecule has 0 heterocycles. The standard InChI is InChI=1S/C18H23N3O2/c19-15(11-12-16(20)22)18(23)21-17(13-7-3-1-4-8-13)14-9-5-2-6-10-14/h1-9,14-15,17H,10-12,19H2,(H2,20,22)(H,21,23)/t14?,15-,17?/m0/s1. The number of primary amides is 1. The SMILES string of the molecule is NC(=O)CC[C@H](N)C(=O)NC(c1ccccc1)C1C=CC=CC1. The van der Waals surface area contributed by atoms with Crippen molar-refractivity contribution in [2.75, 3.05) is 0 Å². The zero-order chi connectivity index (χ0) is 16.7. The van der Waals surface area contributed by atoms with E-state index in [-0.39, 0.29) is 30.7 Å². The molecule has 0 aliphatic heterocycles. The van der Waals surface area contributed by atoms with E-state index >= 15 is 0 Å². The predicted octanol–water partition coefficient (Wildman–Crippen LogP) is 1.57. The minimum absolute atomic E-state index is 0.108. The van der Waals surface area contributed by atoms with Crippen molar-refractivity contribution >= 4 is 11.8 Å². The van der Waals surface area contributed by atoms with Gasteiger partial charge >= 0.3 is 0 Å². The van der Waals surface area contributed by atoms with E-state index in [4.69, 9.17) is 11.5 Å². The first kappa shape index (κ1) is 17.0. The van der Waals surface area contributed by atoms with E-state index < -0.39 is 11.9 Å². The summed E-state index contributed by atoms with van der Waals surface area (Å²) in [5, 5.41) is 3.03. The molecule has 1 aliphatic carbocycles. The van der Waals surface area contributed by atoms with Crippen molar-refractivity contribution in [1.82, 2.24) is 5.32 Å². The van der Waals surface area contributed by atoms with E-state index in [9.17, 15) is 9.59 Å². The second kappa shape index (κ2) is 8.29. The quantitative estimate of drug-likeness (QED) is 0.712. The zero-order valence-corrected chi connectivity index (χ0v) is 13.0. The summed E-state index contributed by atoms with van der Waals surface area (Å²) in [6.45, 7) is 0. The highest BCUT2D eigenvalue weighted by atomic mass is 16.2. The number of allylic oxidation sites excluding steroid dienone is 3. The Bertz CT molecular complexity index is 596. The van der Waals surface area contributed by atoms with Crippen LogP contribution in [0, 0.1) is 5.92 Å². The molecule has 5 N–H and O–H groups in total. The highest BCUT2D eigenvalue weighted by Gasteiger charge is 2.25. The van der Waals surface area contributed by atoms with Crippen molar-refractivity contribution in [3.8, 4) is 0 Å². The number of nitrogens with two attached hydrogens (primary N) is 2. The van der Waals surface area contributed by atoms with Gasteiger partial charge in [0.25, 0.3) is 0 Å². The number of nitrogens with one attached hydrogen (secondary N) is 1. The van der Waals surface area contributed by atoms with Crippen molar-refractivity contribution in [2.45, 2.75) is 31.3 Å². The number of hydrogen-bond donors (Lipinski definition) is 3. The third-order valence-electron chi connectivity index (χ3n) is 3.94.